The highest BCUT2D eigenvalue weighted by Gasteiger charge is 2.04. The first-order chi connectivity index (χ1) is 5.22. The van der Waals surface area contributed by atoms with Gasteiger partial charge in [0.15, 0.2) is 5.83 Å². The summed E-state index contributed by atoms with van der Waals surface area (Å²) in [6, 6.07) is 7.81. The summed E-state index contributed by atoms with van der Waals surface area (Å²) < 4.78 is 24.7. The Labute approximate surface area is 68.1 Å². The summed E-state index contributed by atoms with van der Waals surface area (Å²) in [5, 5.41) is -1.31. The van der Waals surface area contributed by atoms with Crippen LogP contribution in [0.1, 0.15) is 5.56 Å². The molecule has 0 aliphatic heterocycles. The molecule has 0 nitrogen and oxygen atoms in total. The number of rotatable bonds is 1. The van der Waals surface area contributed by atoms with Crippen molar-refractivity contribution in [2.45, 2.75) is 0 Å². The lowest BCUT2D eigenvalue weighted by Crippen LogP contribution is -1.76. The number of hydrogen-bond acceptors (Lipinski definition) is 0. The van der Waals surface area contributed by atoms with Crippen LogP contribution in [0.5, 0.6) is 0 Å². The van der Waals surface area contributed by atoms with Gasteiger partial charge >= 0.3 is 0 Å². The van der Waals surface area contributed by atoms with Gasteiger partial charge in [-0.2, -0.15) is 4.39 Å². The second kappa shape index (κ2) is 3.49. The van der Waals surface area contributed by atoms with Gasteiger partial charge in [-0.3, -0.25) is 0 Å². The van der Waals surface area contributed by atoms with Crippen molar-refractivity contribution in [3.8, 4) is 0 Å². The summed E-state index contributed by atoms with van der Waals surface area (Å²) in [6.45, 7) is 0. The fourth-order valence-electron chi connectivity index (χ4n) is 0.694. The molecule has 58 valence electrons. The molecule has 1 rings (SSSR count). The summed E-state index contributed by atoms with van der Waals surface area (Å²) >= 11 is 4.80. The monoisotopic (exact) mass is 174 g/mol. The van der Waals surface area contributed by atoms with E-state index < -0.39 is 11.1 Å². The number of halogens is 3. The molecule has 0 fully saturated rings. The molecule has 0 saturated heterocycles. The molecule has 0 amide bonds. The molecule has 0 radical (unpaired) electrons. The first-order valence-corrected chi connectivity index (χ1v) is 3.36. The first-order valence-electron chi connectivity index (χ1n) is 2.98. The van der Waals surface area contributed by atoms with Gasteiger partial charge in [0.05, 0.1) is 0 Å². The van der Waals surface area contributed by atoms with Crippen LogP contribution in [0.2, 0.25) is 0 Å². The normalized spacial score (nSPS) is 12.6. The summed E-state index contributed by atoms with van der Waals surface area (Å²) in [5.74, 6) is -1.02. The topological polar surface area (TPSA) is 0 Å². The van der Waals surface area contributed by atoms with Gasteiger partial charge in [0, 0.05) is 5.56 Å². The van der Waals surface area contributed by atoms with Crippen molar-refractivity contribution in [3.63, 3.8) is 0 Å². The minimum absolute atomic E-state index is 0.153. The van der Waals surface area contributed by atoms with Crippen LogP contribution in [0.25, 0.3) is 5.83 Å². The Hall–Kier alpha value is -0.890. The zero-order chi connectivity index (χ0) is 8.27. The lowest BCUT2D eigenvalue weighted by molar-refractivity contribution is 0.651. The molecule has 0 saturated carbocycles. The van der Waals surface area contributed by atoms with Crippen LogP contribution in [0.4, 0.5) is 8.78 Å². The van der Waals surface area contributed by atoms with Crippen LogP contribution in [0.15, 0.2) is 35.6 Å². The van der Waals surface area contributed by atoms with Gasteiger partial charge in [-0.05, 0) is 11.6 Å². The average Bonchev–Trinajstić information content (AvgIpc) is 2.05. The fourth-order valence-corrected chi connectivity index (χ4v) is 0.803. The SMILES string of the molecule is F/C(Cl)=C(/F)c1ccccc1. The maximum atomic E-state index is 12.6. The Morgan fingerprint density at radius 1 is 1.09 bits per heavy atom. The Kier molecular flexibility index (Phi) is 2.60. The third-order valence-electron chi connectivity index (χ3n) is 1.19. The van der Waals surface area contributed by atoms with Crippen molar-refractivity contribution in [1.29, 1.82) is 0 Å². The Morgan fingerprint density at radius 2 is 1.64 bits per heavy atom. The van der Waals surface area contributed by atoms with E-state index in [0.29, 0.717) is 0 Å². The van der Waals surface area contributed by atoms with E-state index in [-0.39, 0.29) is 5.56 Å². The molecule has 1 aromatic rings. The van der Waals surface area contributed by atoms with Gasteiger partial charge in [0.25, 0.3) is 0 Å². The van der Waals surface area contributed by atoms with Crippen molar-refractivity contribution in [2.24, 2.45) is 0 Å². The maximum absolute atomic E-state index is 12.6. The highest BCUT2D eigenvalue weighted by Crippen LogP contribution is 2.22. The molecule has 1 aromatic carbocycles. The molecule has 3 heteroatoms. The van der Waals surface area contributed by atoms with Crippen molar-refractivity contribution in [3.05, 3.63) is 41.2 Å². The van der Waals surface area contributed by atoms with Gasteiger partial charge in [-0.25, -0.2) is 4.39 Å². The highest BCUT2D eigenvalue weighted by molar-refractivity contribution is 6.30. The largest absolute Gasteiger partial charge is 0.225 e. The highest BCUT2D eigenvalue weighted by atomic mass is 35.5. The molecule has 0 atom stereocenters. The van der Waals surface area contributed by atoms with E-state index in [1.54, 1.807) is 18.2 Å². The van der Waals surface area contributed by atoms with E-state index >= 15 is 0 Å². The van der Waals surface area contributed by atoms with E-state index in [1.165, 1.54) is 12.1 Å². The molecule has 0 N–H and O–H groups in total. The lowest BCUT2D eigenvalue weighted by atomic mass is 10.2. The second-order valence-corrected chi connectivity index (χ2v) is 2.27. The summed E-state index contributed by atoms with van der Waals surface area (Å²) in [4.78, 5) is 0. The predicted octanol–water partition coefficient (Wildman–Crippen LogP) is 3.49. The fraction of sp³-hybridized carbons (Fsp3) is 0. The van der Waals surface area contributed by atoms with Crippen LogP contribution in [-0.4, -0.2) is 0 Å². The molecule has 11 heavy (non-hydrogen) atoms. The molecule has 0 aliphatic rings. The lowest BCUT2D eigenvalue weighted by Gasteiger charge is -1.94. The van der Waals surface area contributed by atoms with Crippen molar-refractivity contribution >= 4 is 17.4 Å². The Balaban J connectivity index is 3.04. The van der Waals surface area contributed by atoms with Crippen molar-refractivity contribution in [1.82, 2.24) is 0 Å². The van der Waals surface area contributed by atoms with Crippen LogP contribution in [0.3, 0.4) is 0 Å². The minimum atomic E-state index is -1.31. The van der Waals surface area contributed by atoms with E-state index in [9.17, 15) is 8.78 Å². The Morgan fingerprint density at radius 3 is 2.09 bits per heavy atom. The number of benzene rings is 1. The van der Waals surface area contributed by atoms with Crippen LogP contribution in [-0.2, 0) is 0 Å². The van der Waals surface area contributed by atoms with Gasteiger partial charge < -0.3 is 0 Å². The smallest absolute Gasteiger partial charge is 0.202 e. The summed E-state index contributed by atoms with van der Waals surface area (Å²) in [7, 11) is 0. The van der Waals surface area contributed by atoms with Gasteiger partial charge in [-0.1, -0.05) is 30.3 Å². The average molecular weight is 175 g/mol. The quantitative estimate of drug-likeness (QED) is 0.612. The van der Waals surface area contributed by atoms with Crippen LogP contribution >= 0.6 is 11.6 Å². The van der Waals surface area contributed by atoms with Gasteiger partial charge in [-0.15, -0.1) is 0 Å². The maximum Gasteiger partial charge on any atom is 0.225 e. The predicted molar refractivity (Wildman–Crippen MR) is 41.4 cm³/mol. The zero-order valence-electron chi connectivity index (χ0n) is 5.52. The molecule has 0 aromatic heterocycles. The van der Waals surface area contributed by atoms with E-state index in [1.807, 2.05) is 0 Å². The van der Waals surface area contributed by atoms with E-state index in [0.717, 1.165) is 0 Å². The standard InChI is InChI=1S/C8H5ClF2/c9-8(11)7(10)6-4-2-1-3-5-6/h1-5H/b8-7+. The van der Waals surface area contributed by atoms with Crippen LogP contribution < -0.4 is 0 Å². The summed E-state index contributed by atoms with van der Waals surface area (Å²) in [5.41, 5.74) is 0.153. The molecular weight excluding hydrogens is 170 g/mol. The molecule has 0 bridgehead atoms. The third-order valence-corrected chi connectivity index (χ3v) is 1.36. The molecule has 0 heterocycles. The molecule has 0 aliphatic carbocycles. The molecule has 0 spiro atoms. The second-order valence-electron chi connectivity index (χ2n) is 1.94. The van der Waals surface area contributed by atoms with Crippen molar-refractivity contribution in [2.75, 3.05) is 0 Å². The van der Waals surface area contributed by atoms with Gasteiger partial charge in [0.1, 0.15) is 0 Å². The van der Waals surface area contributed by atoms with E-state index in [4.69, 9.17) is 11.6 Å². The van der Waals surface area contributed by atoms with E-state index in [2.05, 4.69) is 0 Å². The Bertz CT molecular complexity index is 263. The van der Waals surface area contributed by atoms with Crippen LogP contribution in [0, 0.1) is 0 Å². The zero-order valence-corrected chi connectivity index (χ0v) is 6.28. The molecule has 0 unspecified atom stereocenters. The first kappa shape index (κ1) is 8.21. The number of hydrogen-bond donors (Lipinski definition) is 0. The molecular formula is C8H5ClF2. The summed E-state index contributed by atoms with van der Waals surface area (Å²) in [6.07, 6.45) is 0. The minimum Gasteiger partial charge on any atom is -0.202 e. The van der Waals surface area contributed by atoms with Gasteiger partial charge in [0.2, 0.25) is 5.29 Å². The third kappa shape index (κ3) is 2.02. The van der Waals surface area contributed by atoms with Crippen molar-refractivity contribution < 1.29 is 8.78 Å².